The molecule has 8 unspecified atom stereocenters. The van der Waals surface area contributed by atoms with Crippen LogP contribution in [0.3, 0.4) is 0 Å². The van der Waals surface area contributed by atoms with Gasteiger partial charge in [0.2, 0.25) is 11.8 Å². The molecular weight excluding hydrogens is 841 g/mol. The quantitative estimate of drug-likeness (QED) is 0.0352. The summed E-state index contributed by atoms with van der Waals surface area (Å²) in [6.07, 6.45) is -6.96. The number of nitrogens with one attached hydrogen (secondary N) is 2. The van der Waals surface area contributed by atoms with Crippen LogP contribution < -0.4 is 22.1 Å². The minimum Gasteiger partial charge on any atom is -0.386 e. The second kappa shape index (κ2) is 20.0. The molecule has 30 heteroatoms. The molecule has 0 aromatic carbocycles. The van der Waals surface area contributed by atoms with Crippen molar-refractivity contribution in [1.82, 2.24) is 30.2 Å². The molecule has 1 aliphatic heterocycles. The first-order valence-corrected chi connectivity index (χ1v) is 22.0. The summed E-state index contributed by atoms with van der Waals surface area (Å²) in [4.78, 5) is 87.4. The lowest BCUT2D eigenvalue weighted by molar-refractivity contribution is -0.137. The second-order valence-electron chi connectivity index (χ2n) is 12.4. The van der Waals surface area contributed by atoms with E-state index in [0.29, 0.717) is 5.75 Å². The molecule has 312 valence electrons. The number of phosphoric acid groups is 3. The van der Waals surface area contributed by atoms with Crippen LogP contribution >= 0.6 is 47.9 Å². The van der Waals surface area contributed by atoms with E-state index in [9.17, 15) is 57.9 Å². The van der Waals surface area contributed by atoms with Gasteiger partial charge in [-0.2, -0.15) is 16.9 Å². The number of carbonyl (C=O) groups is 3. The van der Waals surface area contributed by atoms with Gasteiger partial charge in [0.1, 0.15) is 36.3 Å². The molecule has 0 bridgehead atoms. The van der Waals surface area contributed by atoms with Crippen LogP contribution in [0.2, 0.25) is 0 Å². The molecule has 2 aromatic rings. The van der Waals surface area contributed by atoms with Crippen LogP contribution in [0.25, 0.3) is 11.2 Å². The Balaban J connectivity index is 1.50. The van der Waals surface area contributed by atoms with Gasteiger partial charge in [-0.3, -0.25) is 32.5 Å². The number of nitrogens with zero attached hydrogens (tertiary/aromatic N) is 4. The monoisotopic (exact) mass is 884 g/mol. The number of thioether (sulfide) groups is 1. The number of anilines is 1. The van der Waals surface area contributed by atoms with E-state index < -0.39 is 90.5 Å². The van der Waals surface area contributed by atoms with Gasteiger partial charge in [0, 0.05) is 48.9 Å². The highest BCUT2D eigenvalue weighted by atomic mass is 32.2. The number of nitrogen functional groups attached to an aromatic ring is 1. The lowest BCUT2D eigenvalue weighted by Gasteiger charge is -2.30. The summed E-state index contributed by atoms with van der Waals surface area (Å²) in [6, 6.07) is 0. The third-order valence-electron chi connectivity index (χ3n) is 7.58. The molecule has 0 aliphatic carbocycles. The first-order chi connectivity index (χ1) is 25.5. The van der Waals surface area contributed by atoms with Gasteiger partial charge in [0.05, 0.1) is 19.5 Å². The lowest BCUT2D eigenvalue weighted by Crippen LogP contribution is -2.46. The van der Waals surface area contributed by atoms with Crippen LogP contribution in [0.5, 0.6) is 0 Å². The number of aliphatic hydroxyl groups excluding tert-OH is 2. The third-order valence-corrected chi connectivity index (χ3v) is 12.2. The standard InChI is InChI=1S/C25H43N8O17P3S2/c1-25(2,19(36)22(37)29-4-3-15(34)28-5-6-55-24(38)13(7-26)9-54)10-47-53(44,45)50-52(42,43)46-8-14-18(49-51(39,40)41)17(35)23(48-14)33-12-32-16-20(27)30-11-31-21(16)33/h11-14,17-19,23,35-36,54H,3-10,26H2,1-2H3,(H,28,34)(H,29,37)(H,42,43)(H,44,45)(H2,27,30,31)(H2,39,40,41). The molecule has 8 atom stereocenters. The minimum atomic E-state index is -5.57. The summed E-state index contributed by atoms with van der Waals surface area (Å²) in [5.41, 5.74) is 9.74. The zero-order chi connectivity index (χ0) is 41.4. The first kappa shape index (κ1) is 47.2. The van der Waals surface area contributed by atoms with Crippen molar-refractivity contribution >= 4 is 81.8 Å². The van der Waals surface area contributed by atoms with E-state index in [4.69, 9.17) is 25.3 Å². The number of aliphatic hydroxyl groups is 2. The molecule has 0 spiro atoms. The van der Waals surface area contributed by atoms with Crippen molar-refractivity contribution in [1.29, 1.82) is 0 Å². The Morgan fingerprint density at radius 3 is 2.40 bits per heavy atom. The average Bonchev–Trinajstić information content (AvgIpc) is 3.65. The average molecular weight is 885 g/mol. The summed E-state index contributed by atoms with van der Waals surface area (Å²) in [7, 11) is -16.4. The van der Waals surface area contributed by atoms with E-state index in [2.05, 4.69) is 47.0 Å². The molecular formula is C25H43N8O17P3S2. The molecule has 1 fully saturated rings. The maximum atomic E-state index is 12.7. The Bertz CT molecular complexity index is 1800. The van der Waals surface area contributed by atoms with Crippen molar-refractivity contribution in [2.45, 2.75) is 50.9 Å². The summed E-state index contributed by atoms with van der Waals surface area (Å²) in [6.45, 7) is 0.554. The lowest BCUT2D eigenvalue weighted by atomic mass is 9.87. The molecule has 0 saturated carbocycles. The summed E-state index contributed by atoms with van der Waals surface area (Å²) in [5, 5.41) is 26.1. The van der Waals surface area contributed by atoms with Crippen LogP contribution in [-0.4, -0.2) is 135 Å². The molecule has 1 saturated heterocycles. The van der Waals surface area contributed by atoms with Gasteiger partial charge in [-0.1, -0.05) is 25.6 Å². The Morgan fingerprint density at radius 2 is 1.76 bits per heavy atom. The van der Waals surface area contributed by atoms with Gasteiger partial charge in [-0.05, 0) is 0 Å². The number of ether oxygens (including phenoxy) is 1. The molecule has 2 amide bonds. The van der Waals surface area contributed by atoms with Crippen LogP contribution in [0, 0.1) is 11.3 Å². The van der Waals surface area contributed by atoms with Gasteiger partial charge in [0.15, 0.2) is 22.8 Å². The van der Waals surface area contributed by atoms with E-state index in [-0.39, 0.29) is 53.9 Å². The minimum absolute atomic E-state index is 0.0272. The fourth-order valence-electron chi connectivity index (χ4n) is 4.64. The molecule has 12 N–H and O–H groups in total. The Morgan fingerprint density at radius 1 is 1.09 bits per heavy atom. The molecule has 1 aliphatic rings. The number of rotatable bonds is 22. The molecule has 0 radical (unpaired) electrons. The van der Waals surface area contributed by atoms with Crippen LogP contribution in [0.15, 0.2) is 12.7 Å². The maximum absolute atomic E-state index is 12.7. The highest BCUT2D eigenvalue weighted by molar-refractivity contribution is 8.13. The van der Waals surface area contributed by atoms with Gasteiger partial charge in [-0.25, -0.2) is 28.6 Å². The van der Waals surface area contributed by atoms with Gasteiger partial charge >= 0.3 is 23.5 Å². The summed E-state index contributed by atoms with van der Waals surface area (Å²) >= 11 is 5.06. The highest BCUT2D eigenvalue weighted by Gasteiger charge is 2.50. The van der Waals surface area contributed by atoms with Crippen molar-refractivity contribution in [3.05, 3.63) is 12.7 Å². The number of aromatic nitrogens is 4. The van der Waals surface area contributed by atoms with Gasteiger partial charge in [0.25, 0.3) is 0 Å². The number of thiol groups is 1. The number of amides is 2. The van der Waals surface area contributed by atoms with Crippen molar-refractivity contribution in [2.24, 2.45) is 17.1 Å². The third kappa shape index (κ3) is 14.0. The predicted molar refractivity (Wildman–Crippen MR) is 193 cm³/mol. The molecule has 2 aromatic heterocycles. The van der Waals surface area contributed by atoms with Crippen molar-refractivity contribution in [3.63, 3.8) is 0 Å². The molecule has 3 rings (SSSR count). The number of hydrogen-bond acceptors (Lipinski definition) is 20. The number of phosphoric ester groups is 3. The fourth-order valence-corrected chi connectivity index (χ4v) is 8.73. The van der Waals surface area contributed by atoms with E-state index in [1.54, 1.807) is 0 Å². The van der Waals surface area contributed by atoms with Crippen molar-refractivity contribution in [2.75, 3.05) is 50.1 Å². The highest BCUT2D eigenvalue weighted by Crippen LogP contribution is 2.61. The van der Waals surface area contributed by atoms with Crippen molar-refractivity contribution in [3.8, 4) is 0 Å². The zero-order valence-electron chi connectivity index (χ0n) is 29.1. The summed E-state index contributed by atoms with van der Waals surface area (Å²) in [5.74, 6) is -1.31. The molecule has 55 heavy (non-hydrogen) atoms. The Labute approximate surface area is 322 Å². The van der Waals surface area contributed by atoms with E-state index >= 15 is 0 Å². The van der Waals surface area contributed by atoms with E-state index in [0.717, 1.165) is 29.0 Å². The van der Waals surface area contributed by atoms with Crippen molar-refractivity contribution < 1.29 is 80.5 Å². The number of imidazole rings is 1. The SMILES string of the molecule is CC(C)(COP(=O)(O)OP(=O)(O)OCC1OC(n2cnc3c(N)ncnc32)C(O)C1OP(=O)(O)O)C(O)C(=O)NCCC(=O)NCCSC(=O)C(CN)CS. The number of fused-ring (bicyclic) bond motifs is 1. The summed E-state index contributed by atoms with van der Waals surface area (Å²) < 4.78 is 62.0. The number of nitrogens with two attached hydrogens (primary N) is 2. The zero-order valence-corrected chi connectivity index (χ0v) is 33.5. The van der Waals surface area contributed by atoms with Crippen LogP contribution in [-0.2, 0) is 50.7 Å². The Kier molecular flexibility index (Phi) is 17.2. The normalized spacial score (nSPS) is 22.4. The second-order valence-corrected chi connectivity index (χ2v) is 18.1. The van der Waals surface area contributed by atoms with Gasteiger partial charge in [-0.15, -0.1) is 0 Å². The largest absolute Gasteiger partial charge is 0.481 e. The smallest absolute Gasteiger partial charge is 0.386 e. The number of carbonyl (C=O) groups excluding carboxylic acids is 3. The fraction of sp³-hybridized carbons (Fsp3) is 0.680. The maximum Gasteiger partial charge on any atom is 0.481 e. The van der Waals surface area contributed by atoms with Gasteiger partial charge < -0.3 is 56.6 Å². The van der Waals surface area contributed by atoms with E-state index in [1.807, 2.05) is 0 Å². The first-order valence-electron chi connectivity index (χ1n) is 15.9. The topological polar surface area (TPSA) is 390 Å². The molecule has 25 nitrogen and oxygen atoms in total. The van der Waals surface area contributed by atoms with E-state index in [1.165, 1.54) is 13.8 Å². The van der Waals surface area contributed by atoms with Crippen LogP contribution in [0.1, 0.15) is 26.5 Å². The Hall–Kier alpha value is -2.13. The predicted octanol–water partition coefficient (Wildman–Crippen LogP) is -1.83. The number of hydrogen-bond donors (Lipinski definition) is 11. The van der Waals surface area contributed by atoms with Crippen LogP contribution in [0.4, 0.5) is 5.82 Å². The molecule has 3 heterocycles.